The molecular weight excluding hydrogens is 344 g/mol. The van der Waals surface area contributed by atoms with Crippen LogP contribution in [0, 0.1) is 13.8 Å². The van der Waals surface area contributed by atoms with Crippen molar-refractivity contribution in [1.82, 2.24) is 0 Å². The Balaban J connectivity index is 2.00. The van der Waals surface area contributed by atoms with Gasteiger partial charge in [0, 0.05) is 10.4 Å². The fourth-order valence-corrected chi connectivity index (χ4v) is 3.70. The molecule has 0 fully saturated rings. The van der Waals surface area contributed by atoms with Gasteiger partial charge in [0.05, 0.1) is 5.56 Å². The van der Waals surface area contributed by atoms with Crippen molar-refractivity contribution in [3.8, 4) is 10.4 Å². The van der Waals surface area contributed by atoms with E-state index in [1.54, 1.807) is 30.4 Å². The number of allylic oxidation sites excluding steroid dienone is 1. The van der Waals surface area contributed by atoms with Crippen molar-refractivity contribution in [1.29, 1.82) is 0 Å². The summed E-state index contributed by atoms with van der Waals surface area (Å²) in [6, 6.07) is 14.6. The van der Waals surface area contributed by atoms with Crippen molar-refractivity contribution in [2.75, 3.05) is 0 Å². The second-order valence-electron chi connectivity index (χ2n) is 6.05. The van der Waals surface area contributed by atoms with Gasteiger partial charge in [0.15, 0.2) is 5.78 Å². The standard InChI is InChI=1S/C22H18O3S/c1-14-5-3-6-15(2)21(14)19(23)11-10-16-8-9-17(22(24)25)13-18(16)20-7-4-12-26-20/h3-13H,1-2H3,(H,24,25). The van der Waals surface area contributed by atoms with Gasteiger partial charge in [-0.05, 0) is 65.8 Å². The van der Waals surface area contributed by atoms with Crippen LogP contribution in [0.25, 0.3) is 16.5 Å². The molecule has 0 unspecified atom stereocenters. The molecule has 130 valence electrons. The van der Waals surface area contributed by atoms with E-state index in [-0.39, 0.29) is 11.3 Å². The summed E-state index contributed by atoms with van der Waals surface area (Å²) in [6.07, 6.45) is 3.32. The van der Waals surface area contributed by atoms with Crippen LogP contribution in [0.5, 0.6) is 0 Å². The highest BCUT2D eigenvalue weighted by molar-refractivity contribution is 7.13. The van der Waals surface area contributed by atoms with Gasteiger partial charge in [-0.25, -0.2) is 4.79 Å². The smallest absolute Gasteiger partial charge is 0.335 e. The molecule has 3 aromatic rings. The first-order chi connectivity index (χ1) is 12.5. The van der Waals surface area contributed by atoms with Crippen LogP contribution in [0.2, 0.25) is 0 Å². The lowest BCUT2D eigenvalue weighted by Crippen LogP contribution is -2.01. The van der Waals surface area contributed by atoms with Gasteiger partial charge in [0.2, 0.25) is 0 Å². The lowest BCUT2D eigenvalue weighted by Gasteiger charge is -2.07. The highest BCUT2D eigenvalue weighted by Crippen LogP contribution is 2.30. The summed E-state index contributed by atoms with van der Waals surface area (Å²) < 4.78 is 0. The van der Waals surface area contributed by atoms with Crippen molar-refractivity contribution in [3.05, 3.63) is 87.8 Å². The topological polar surface area (TPSA) is 54.4 Å². The number of carboxylic acids is 1. The van der Waals surface area contributed by atoms with E-state index in [1.807, 2.05) is 49.6 Å². The molecule has 0 spiro atoms. The number of hydrogen-bond acceptors (Lipinski definition) is 3. The van der Waals surface area contributed by atoms with Crippen LogP contribution in [0.4, 0.5) is 0 Å². The van der Waals surface area contributed by atoms with Crippen LogP contribution in [0.15, 0.2) is 60.0 Å². The second-order valence-corrected chi connectivity index (χ2v) is 7.00. The Morgan fingerprint density at radius 3 is 2.35 bits per heavy atom. The minimum Gasteiger partial charge on any atom is -0.478 e. The summed E-state index contributed by atoms with van der Waals surface area (Å²) in [7, 11) is 0. The molecule has 0 aliphatic heterocycles. The Kier molecular flexibility index (Phi) is 5.14. The number of hydrogen-bond donors (Lipinski definition) is 1. The van der Waals surface area contributed by atoms with E-state index in [0.29, 0.717) is 5.56 Å². The van der Waals surface area contributed by atoms with Crippen molar-refractivity contribution >= 4 is 29.2 Å². The summed E-state index contributed by atoms with van der Waals surface area (Å²) in [5, 5.41) is 11.2. The number of carbonyl (C=O) groups excluding carboxylic acids is 1. The molecule has 1 aromatic heterocycles. The van der Waals surface area contributed by atoms with Gasteiger partial charge in [0.25, 0.3) is 0 Å². The molecule has 3 rings (SSSR count). The number of thiophene rings is 1. The van der Waals surface area contributed by atoms with Crippen LogP contribution < -0.4 is 0 Å². The molecule has 0 bridgehead atoms. The van der Waals surface area contributed by atoms with Gasteiger partial charge in [-0.1, -0.05) is 36.4 Å². The van der Waals surface area contributed by atoms with Gasteiger partial charge >= 0.3 is 5.97 Å². The fraction of sp³-hybridized carbons (Fsp3) is 0.0909. The van der Waals surface area contributed by atoms with E-state index in [2.05, 4.69) is 0 Å². The van der Waals surface area contributed by atoms with Crippen LogP contribution in [0.1, 0.15) is 37.4 Å². The molecule has 0 saturated carbocycles. The zero-order valence-corrected chi connectivity index (χ0v) is 15.3. The predicted octanol–water partition coefficient (Wildman–Crippen LogP) is 5.63. The van der Waals surface area contributed by atoms with E-state index in [0.717, 1.165) is 27.1 Å². The van der Waals surface area contributed by atoms with E-state index >= 15 is 0 Å². The zero-order chi connectivity index (χ0) is 18.7. The number of carboxylic acid groups (broad SMARTS) is 1. The van der Waals surface area contributed by atoms with E-state index in [1.165, 1.54) is 11.3 Å². The number of carbonyl (C=O) groups is 2. The molecule has 4 heteroatoms. The second kappa shape index (κ2) is 7.50. The molecule has 0 aliphatic rings. The first-order valence-electron chi connectivity index (χ1n) is 8.17. The molecule has 1 heterocycles. The summed E-state index contributed by atoms with van der Waals surface area (Å²) in [5.41, 5.74) is 4.46. The summed E-state index contributed by atoms with van der Waals surface area (Å²) >= 11 is 1.53. The maximum Gasteiger partial charge on any atom is 0.335 e. The minimum absolute atomic E-state index is 0.0555. The minimum atomic E-state index is -0.968. The van der Waals surface area contributed by atoms with E-state index in [4.69, 9.17) is 0 Å². The van der Waals surface area contributed by atoms with Gasteiger partial charge in [0.1, 0.15) is 0 Å². The highest BCUT2D eigenvalue weighted by atomic mass is 32.1. The number of aromatic carboxylic acids is 1. The quantitative estimate of drug-likeness (QED) is 0.473. The maximum atomic E-state index is 12.7. The fourth-order valence-electron chi connectivity index (χ4n) is 2.93. The SMILES string of the molecule is Cc1cccc(C)c1C(=O)C=Cc1ccc(C(=O)O)cc1-c1cccs1. The number of aryl methyl sites for hydroxylation is 2. The molecule has 0 radical (unpaired) electrons. The molecule has 0 aliphatic carbocycles. The van der Waals surface area contributed by atoms with Crippen molar-refractivity contribution in [2.45, 2.75) is 13.8 Å². The largest absolute Gasteiger partial charge is 0.478 e. The van der Waals surface area contributed by atoms with Crippen LogP contribution in [0.3, 0.4) is 0 Å². The van der Waals surface area contributed by atoms with Gasteiger partial charge in [-0.3, -0.25) is 4.79 Å². The summed E-state index contributed by atoms with van der Waals surface area (Å²) in [4.78, 5) is 24.9. The molecule has 0 saturated heterocycles. The Morgan fingerprint density at radius 1 is 1.00 bits per heavy atom. The van der Waals surface area contributed by atoms with Crippen molar-refractivity contribution in [3.63, 3.8) is 0 Å². The first-order valence-corrected chi connectivity index (χ1v) is 9.05. The third-order valence-electron chi connectivity index (χ3n) is 4.23. The average molecular weight is 362 g/mol. The highest BCUT2D eigenvalue weighted by Gasteiger charge is 2.12. The van der Waals surface area contributed by atoms with Crippen molar-refractivity contribution in [2.24, 2.45) is 0 Å². The van der Waals surface area contributed by atoms with E-state index in [9.17, 15) is 14.7 Å². The molecule has 26 heavy (non-hydrogen) atoms. The number of ketones is 1. The maximum absolute atomic E-state index is 12.7. The predicted molar refractivity (Wildman–Crippen MR) is 106 cm³/mol. The molecule has 2 aromatic carbocycles. The average Bonchev–Trinajstić information content (AvgIpc) is 3.14. The first kappa shape index (κ1) is 17.8. The molecule has 3 nitrogen and oxygen atoms in total. The molecule has 1 N–H and O–H groups in total. The van der Waals surface area contributed by atoms with Crippen LogP contribution >= 0.6 is 11.3 Å². The van der Waals surface area contributed by atoms with Gasteiger partial charge in [-0.15, -0.1) is 11.3 Å². The molecule has 0 amide bonds. The molecular formula is C22H18O3S. The normalized spacial score (nSPS) is 11.0. The van der Waals surface area contributed by atoms with Crippen molar-refractivity contribution < 1.29 is 14.7 Å². The van der Waals surface area contributed by atoms with Crippen LogP contribution in [-0.4, -0.2) is 16.9 Å². The third-order valence-corrected chi connectivity index (χ3v) is 5.13. The third kappa shape index (κ3) is 3.65. The van der Waals surface area contributed by atoms with Gasteiger partial charge < -0.3 is 5.11 Å². The van der Waals surface area contributed by atoms with E-state index < -0.39 is 5.97 Å². The summed E-state index contributed by atoms with van der Waals surface area (Å²) in [5.74, 6) is -1.02. The Morgan fingerprint density at radius 2 is 1.73 bits per heavy atom. The van der Waals surface area contributed by atoms with Gasteiger partial charge in [-0.2, -0.15) is 0 Å². The number of benzene rings is 2. The Hall–Kier alpha value is -2.98. The Labute approximate surface area is 156 Å². The monoisotopic (exact) mass is 362 g/mol. The molecule has 0 atom stereocenters. The summed E-state index contributed by atoms with van der Waals surface area (Å²) in [6.45, 7) is 3.85. The lowest BCUT2D eigenvalue weighted by atomic mass is 9.97. The lowest BCUT2D eigenvalue weighted by molar-refractivity contribution is 0.0696. The van der Waals surface area contributed by atoms with Crippen LogP contribution in [-0.2, 0) is 0 Å². The number of rotatable bonds is 5. The Bertz CT molecular complexity index is 978. The zero-order valence-electron chi connectivity index (χ0n) is 14.5.